The molecular formula is C20H22BrN3O5. The van der Waals surface area contributed by atoms with E-state index in [1.165, 1.54) is 20.4 Å². The number of hydrogen-bond donors (Lipinski definition) is 2. The first kappa shape index (κ1) is 22.2. The maximum absolute atomic E-state index is 12.0. The van der Waals surface area contributed by atoms with E-state index in [1.807, 2.05) is 6.92 Å². The summed E-state index contributed by atoms with van der Waals surface area (Å²) in [6, 6.07) is 10.4. The number of hydrogen-bond acceptors (Lipinski definition) is 6. The van der Waals surface area contributed by atoms with Crippen molar-refractivity contribution in [3.05, 3.63) is 46.4 Å². The Morgan fingerprint density at radius 3 is 2.62 bits per heavy atom. The minimum absolute atomic E-state index is 0.370. The van der Waals surface area contributed by atoms with Gasteiger partial charge in [0.15, 0.2) is 11.5 Å². The molecule has 0 bridgehead atoms. The first-order valence-electron chi connectivity index (χ1n) is 8.73. The second-order valence-corrected chi connectivity index (χ2v) is 6.57. The van der Waals surface area contributed by atoms with Crippen LogP contribution < -0.4 is 25.0 Å². The summed E-state index contributed by atoms with van der Waals surface area (Å²) in [4.78, 5) is 23.9. The molecule has 0 unspecified atom stereocenters. The van der Waals surface area contributed by atoms with E-state index in [4.69, 9.17) is 14.2 Å². The molecule has 0 saturated heterocycles. The van der Waals surface area contributed by atoms with Gasteiger partial charge >= 0.3 is 0 Å². The molecular weight excluding hydrogens is 442 g/mol. The number of hydrazone groups is 1. The van der Waals surface area contributed by atoms with Gasteiger partial charge in [0.2, 0.25) is 11.8 Å². The summed E-state index contributed by atoms with van der Waals surface area (Å²) in [5, 5.41) is 6.51. The second kappa shape index (κ2) is 11.1. The monoisotopic (exact) mass is 463 g/mol. The van der Waals surface area contributed by atoms with Crippen LogP contribution in [0.15, 0.2) is 46.0 Å². The number of nitrogens with one attached hydrogen (secondary N) is 2. The van der Waals surface area contributed by atoms with Crippen LogP contribution in [0.1, 0.15) is 18.9 Å². The molecule has 154 valence electrons. The first-order chi connectivity index (χ1) is 14.0. The summed E-state index contributed by atoms with van der Waals surface area (Å²) >= 11 is 3.42. The molecule has 0 aliphatic carbocycles. The molecule has 2 rings (SSSR count). The number of rotatable bonds is 9. The molecule has 0 spiro atoms. The Morgan fingerprint density at radius 2 is 1.93 bits per heavy atom. The van der Waals surface area contributed by atoms with Crippen LogP contribution in [-0.2, 0) is 9.59 Å². The lowest BCUT2D eigenvalue weighted by atomic mass is 10.2. The van der Waals surface area contributed by atoms with E-state index < -0.39 is 11.8 Å². The molecule has 0 radical (unpaired) electrons. The smallest absolute Gasteiger partial charge is 0.249 e. The highest BCUT2D eigenvalue weighted by atomic mass is 79.9. The van der Waals surface area contributed by atoms with Crippen LogP contribution in [0.4, 0.5) is 5.69 Å². The van der Waals surface area contributed by atoms with Gasteiger partial charge in [-0.1, -0.05) is 6.07 Å². The third-order valence-corrected chi connectivity index (χ3v) is 4.21. The number of benzene rings is 2. The molecule has 2 amide bonds. The Hall–Kier alpha value is -3.07. The largest absolute Gasteiger partial charge is 0.497 e. The minimum atomic E-state index is -0.543. The van der Waals surface area contributed by atoms with Crippen molar-refractivity contribution in [3.8, 4) is 17.2 Å². The van der Waals surface area contributed by atoms with Crippen molar-refractivity contribution >= 4 is 39.6 Å². The lowest BCUT2D eigenvalue weighted by Gasteiger charge is -2.11. The average molecular weight is 464 g/mol. The minimum Gasteiger partial charge on any atom is -0.497 e. The Balaban J connectivity index is 1.92. The van der Waals surface area contributed by atoms with Crippen LogP contribution in [-0.4, -0.2) is 38.9 Å². The number of halogens is 1. The van der Waals surface area contributed by atoms with E-state index in [2.05, 4.69) is 31.8 Å². The highest BCUT2D eigenvalue weighted by molar-refractivity contribution is 9.10. The van der Waals surface area contributed by atoms with Crippen molar-refractivity contribution in [1.82, 2.24) is 5.43 Å². The van der Waals surface area contributed by atoms with Gasteiger partial charge in [0.05, 0.1) is 31.5 Å². The Labute approximate surface area is 177 Å². The molecule has 2 aromatic rings. The normalized spacial score (nSPS) is 10.5. The number of nitrogens with zero attached hydrogens (tertiary/aromatic N) is 1. The van der Waals surface area contributed by atoms with Gasteiger partial charge in [-0.2, -0.15) is 5.10 Å². The zero-order valence-electron chi connectivity index (χ0n) is 16.3. The molecule has 2 N–H and O–H groups in total. The molecule has 8 nitrogen and oxygen atoms in total. The molecule has 0 aliphatic heterocycles. The molecule has 0 saturated carbocycles. The van der Waals surface area contributed by atoms with E-state index >= 15 is 0 Å². The topological polar surface area (TPSA) is 98.2 Å². The summed E-state index contributed by atoms with van der Waals surface area (Å²) in [5.74, 6) is 0.723. The quantitative estimate of drug-likeness (QED) is 0.337. The molecule has 0 heterocycles. The summed E-state index contributed by atoms with van der Waals surface area (Å²) in [5.41, 5.74) is 3.54. The van der Waals surface area contributed by atoms with Crippen LogP contribution in [0.25, 0.3) is 0 Å². The predicted octanol–water partition coefficient (Wildman–Crippen LogP) is 3.34. The van der Waals surface area contributed by atoms with Gasteiger partial charge in [-0.15, -0.1) is 0 Å². The molecule has 0 aliphatic rings. The van der Waals surface area contributed by atoms with Crippen molar-refractivity contribution in [2.24, 2.45) is 5.10 Å². The number of amides is 2. The van der Waals surface area contributed by atoms with Crippen molar-refractivity contribution in [3.63, 3.8) is 0 Å². The summed E-state index contributed by atoms with van der Waals surface area (Å²) in [7, 11) is 3.07. The summed E-state index contributed by atoms with van der Waals surface area (Å²) in [6.07, 6.45) is 1.08. The standard InChI is InChI=1S/C20H22BrN3O5/c1-4-29-20-16(21)8-13(9-17(20)28-3)12-22-24-19(26)11-18(25)23-14-6-5-7-15(10-14)27-2/h5-10,12H,4,11H2,1-3H3,(H,23,25)(H,24,26). The van der Waals surface area contributed by atoms with E-state index in [0.29, 0.717) is 39.6 Å². The second-order valence-electron chi connectivity index (χ2n) is 5.72. The van der Waals surface area contributed by atoms with Crippen molar-refractivity contribution in [1.29, 1.82) is 0 Å². The summed E-state index contributed by atoms with van der Waals surface area (Å²) < 4.78 is 16.6. The third-order valence-electron chi connectivity index (χ3n) is 3.62. The van der Waals surface area contributed by atoms with Gasteiger partial charge in [0.1, 0.15) is 12.2 Å². The lowest BCUT2D eigenvalue weighted by Crippen LogP contribution is -2.24. The highest BCUT2D eigenvalue weighted by Gasteiger charge is 2.11. The Bertz CT molecular complexity index is 902. The van der Waals surface area contributed by atoms with Gasteiger partial charge in [-0.25, -0.2) is 5.43 Å². The van der Waals surface area contributed by atoms with Crippen LogP contribution in [0.3, 0.4) is 0 Å². The van der Waals surface area contributed by atoms with Crippen molar-refractivity contribution in [2.45, 2.75) is 13.3 Å². The van der Waals surface area contributed by atoms with Gasteiger partial charge < -0.3 is 19.5 Å². The molecule has 0 aromatic heterocycles. The predicted molar refractivity (Wildman–Crippen MR) is 114 cm³/mol. The van der Waals surface area contributed by atoms with Crippen LogP contribution in [0.5, 0.6) is 17.2 Å². The number of carbonyl (C=O) groups is 2. The molecule has 29 heavy (non-hydrogen) atoms. The van der Waals surface area contributed by atoms with Gasteiger partial charge in [-0.05, 0) is 52.7 Å². The third kappa shape index (κ3) is 6.79. The van der Waals surface area contributed by atoms with Gasteiger partial charge in [0, 0.05) is 11.8 Å². The van der Waals surface area contributed by atoms with E-state index in [1.54, 1.807) is 36.4 Å². The Kier molecular flexibility index (Phi) is 8.47. The fraction of sp³-hybridized carbons (Fsp3) is 0.250. The van der Waals surface area contributed by atoms with E-state index in [0.717, 1.165) is 0 Å². The lowest BCUT2D eigenvalue weighted by molar-refractivity contribution is -0.126. The highest BCUT2D eigenvalue weighted by Crippen LogP contribution is 2.36. The molecule has 9 heteroatoms. The fourth-order valence-corrected chi connectivity index (χ4v) is 2.94. The fourth-order valence-electron chi connectivity index (χ4n) is 2.37. The van der Waals surface area contributed by atoms with Gasteiger partial charge in [0.25, 0.3) is 0 Å². The summed E-state index contributed by atoms with van der Waals surface area (Å²) in [6.45, 7) is 2.37. The number of methoxy groups -OCH3 is 2. The van der Waals surface area contributed by atoms with Crippen molar-refractivity contribution < 1.29 is 23.8 Å². The average Bonchev–Trinajstić information content (AvgIpc) is 2.69. The maximum atomic E-state index is 12.0. The van der Waals surface area contributed by atoms with E-state index in [9.17, 15) is 9.59 Å². The molecule has 0 fully saturated rings. The Morgan fingerprint density at radius 1 is 1.14 bits per heavy atom. The zero-order valence-corrected chi connectivity index (χ0v) is 17.9. The number of carbonyl (C=O) groups excluding carboxylic acids is 2. The molecule has 2 aromatic carbocycles. The number of anilines is 1. The van der Waals surface area contributed by atoms with Crippen LogP contribution >= 0.6 is 15.9 Å². The van der Waals surface area contributed by atoms with Crippen molar-refractivity contribution in [2.75, 3.05) is 26.1 Å². The van der Waals surface area contributed by atoms with Gasteiger partial charge in [-0.3, -0.25) is 9.59 Å². The zero-order chi connectivity index (χ0) is 21.2. The molecule has 0 atom stereocenters. The maximum Gasteiger partial charge on any atom is 0.249 e. The van der Waals surface area contributed by atoms with Crippen LogP contribution in [0.2, 0.25) is 0 Å². The first-order valence-corrected chi connectivity index (χ1v) is 9.52. The van der Waals surface area contributed by atoms with Crippen LogP contribution in [0, 0.1) is 0 Å². The number of ether oxygens (including phenoxy) is 3. The SMILES string of the molecule is CCOc1c(Br)cc(C=NNC(=O)CC(=O)Nc2cccc(OC)c2)cc1OC. The van der Waals surface area contributed by atoms with E-state index in [-0.39, 0.29) is 6.42 Å².